The van der Waals surface area contributed by atoms with E-state index in [0.29, 0.717) is 13.1 Å². The molecule has 1 atom stereocenters. The van der Waals surface area contributed by atoms with Crippen LogP contribution in [-0.2, 0) is 14.4 Å². The predicted molar refractivity (Wildman–Crippen MR) is 62.0 cm³/mol. The van der Waals surface area contributed by atoms with E-state index in [1.165, 1.54) is 0 Å². The quantitative estimate of drug-likeness (QED) is 0.586. The van der Waals surface area contributed by atoms with Crippen LogP contribution in [0.2, 0.25) is 0 Å². The first-order chi connectivity index (χ1) is 7.99. The van der Waals surface area contributed by atoms with Crippen molar-refractivity contribution < 1.29 is 14.4 Å². The molecule has 0 saturated carbocycles. The number of hydrogen-bond donors (Lipinski definition) is 3. The smallest absolute Gasteiger partial charge is 0.225 e. The maximum absolute atomic E-state index is 11.6. The van der Waals surface area contributed by atoms with Gasteiger partial charge in [0.15, 0.2) is 0 Å². The van der Waals surface area contributed by atoms with E-state index >= 15 is 0 Å². The van der Waals surface area contributed by atoms with E-state index in [-0.39, 0.29) is 42.5 Å². The zero-order chi connectivity index (χ0) is 12.8. The van der Waals surface area contributed by atoms with Crippen LogP contribution in [0, 0.1) is 5.92 Å². The molecule has 1 aliphatic rings. The molecule has 0 aromatic rings. The van der Waals surface area contributed by atoms with Gasteiger partial charge in [0.2, 0.25) is 17.7 Å². The lowest BCUT2D eigenvalue weighted by Gasteiger charge is -2.10. The van der Waals surface area contributed by atoms with Gasteiger partial charge in [-0.05, 0) is 13.8 Å². The van der Waals surface area contributed by atoms with Crippen molar-refractivity contribution in [2.24, 2.45) is 5.92 Å². The van der Waals surface area contributed by atoms with E-state index in [4.69, 9.17) is 0 Å². The topological polar surface area (TPSA) is 87.3 Å². The maximum Gasteiger partial charge on any atom is 0.225 e. The van der Waals surface area contributed by atoms with Crippen molar-refractivity contribution in [2.45, 2.75) is 32.7 Å². The van der Waals surface area contributed by atoms with Crippen LogP contribution in [0.4, 0.5) is 0 Å². The van der Waals surface area contributed by atoms with Gasteiger partial charge < -0.3 is 16.0 Å². The summed E-state index contributed by atoms with van der Waals surface area (Å²) >= 11 is 0. The number of nitrogens with one attached hydrogen (secondary N) is 3. The Hall–Kier alpha value is -1.59. The van der Waals surface area contributed by atoms with E-state index in [1.54, 1.807) is 0 Å². The molecule has 0 bridgehead atoms. The van der Waals surface area contributed by atoms with Crippen LogP contribution >= 0.6 is 0 Å². The number of carbonyl (C=O) groups excluding carboxylic acids is 3. The highest BCUT2D eigenvalue weighted by Gasteiger charge is 2.27. The molecule has 1 heterocycles. The van der Waals surface area contributed by atoms with Gasteiger partial charge in [-0.1, -0.05) is 0 Å². The highest BCUT2D eigenvalue weighted by Crippen LogP contribution is 2.08. The standard InChI is InChI=1S/C11H19N3O3/c1-7(2)14-9(15)3-4-12-11(17)8-5-10(16)13-6-8/h7-8H,3-6H2,1-2H3,(H,12,17)(H,13,16)(H,14,15). The number of rotatable bonds is 5. The molecule has 6 heteroatoms. The summed E-state index contributed by atoms with van der Waals surface area (Å²) in [6.07, 6.45) is 0.502. The first-order valence-electron chi connectivity index (χ1n) is 5.83. The Bertz CT molecular complexity index is 315. The van der Waals surface area contributed by atoms with Gasteiger partial charge >= 0.3 is 0 Å². The monoisotopic (exact) mass is 241 g/mol. The second-order valence-corrected chi connectivity index (χ2v) is 4.47. The van der Waals surface area contributed by atoms with E-state index in [9.17, 15) is 14.4 Å². The minimum Gasteiger partial charge on any atom is -0.355 e. The molecule has 0 spiro atoms. The van der Waals surface area contributed by atoms with Crippen molar-refractivity contribution in [1.82, 2.24) is 16.0 Å². The van der Waals surface area contributed by atoms with Crippen molar-refractivity contribution in [3.63, 3.8) is 0 Å². The highest BCUT2D eigenvalue weighted by molar-refractivity contribution is 5.89. The van der Waals surface area contributed by atoms with Gasteiger partial charge in [-0.2, -0.15) is 0 Å². The molecule has 0 radical (unpaired) electrons. The molecule has 1 rings (SSSR count). The molecule has 1 aliphatic heterocycles. The van der Waals surface area contributed by atoms with E-state index < -0.39 is 0 Å². The maximum atomic E-state index is 11.6. The van der Waals surface area contributed by atoms with Gasteiger partial charge in [-0.3, -0.25) is 14.4 Å². The predicted octanol–water partition coefficient (Wildman–Crippen LogP) is -0.847. The Balaban J connectivity index is 2.16. The summed E-state index contributed by atoms with van der Waals surface area (Å²) in [5, 5.41) is 7.99. The zero-order valence-electron chi connectivity index (χ0n) is 10.2. The fraction of sp³-hybridized carbons (Fsp3) is 0.727. The van der Waals surface area contributed by atoms with E-state index in [1.807, 2.05) is 13.8 Å². The molecule has 0 aromatic heterocycles. The fourth-order valence-electron chi connectivity index (χ4n) is 1.63. The van der Waals surface area contributed by atoms with Gasteiger partial charge in [0.1, 0.15) is 0 Å². The SMILES string of the molecule is CC(C)NC(=O)CCNC(=O)C1CNC(=O)C1. The summed E-state index contributed by atoms with van der Waals surface area (Å²) in [4.78, 5) is 33.7. The Morgan fingerprint density at radius 3 is 2.71 bits per heavy atom. The summed E-state index contributed by atoms with van der Waals surface area (Å²) < 4.78 is 0. The fourth-order valence-corrected chi connectivity index (χ4v) is 1.63. The molecular formula is C11H19N3O3. The summed E-state index contributed by atoms with van der Waals surface area (Å²) in [6, 6.07) is 0.106. The van der Waals surface area contributed by atoms with E-state index in [2.05, 4.69) is 16.0 Å². The van der Waals surface area contributed by atoms with Crippen molar-refractivity contribution in [1.29, 1.82) is 0 Å². The highest BCUT2D eigenvalue weighted by atomic mass is 16.2. The minimum absolute atomic E-state index is 0.0825. The molecule has 3 amide bonds. The number of hydrogen-bond acceptors (Lipinski definition) is 3. The molecule has 96 valence electrons. The normalized spacial score (nSPS) is 19.0. The molecule has 0 aromatic carbocycles. The Morgan fingerprint density at radius 2 is 2.18 bits per heavy atom. The molecule has 1 fully saturated rings. The Labute approximate surface area is 101 Å². The molecule has 1 unspecified atom stereocenters. The van der Waals surface area contributed by atoms with Crippen LogP contribution in [0.5, 0.6) is 0 Å². The Kier molecular flexibility index (Phi) is 4.93. The first-order valence-corrected chi connectivity index (χ1v) is 5.83. The molecular weight excluding hydrogens is 222 g/mol. The van der Waals surface area contributed by atoms with Crippen LogP contribution in [0.1, 0.15) is 26.7 Å². The lowest BCUT2D eigenvalue weighted by atomic mass is 10.1. The lowest BCUT2D eigenvalue weighted by molar-refractivity contribution is -0.126. The molecule has 17 heavy (non-hydrogen) atoms. The average molecular weight is 241 g/mol. The third kappa shape index (κ3) is 4.84. The van der Waals surface area contributed by atoms with Crippen molar-refractivity contribution in [3.05, 3.63) is 0 Å². The van der Waals surface area contributed by atoms with Crippen molar-refractivity contribution >= 4 is 17.7 Å². The van der Waals surface area contributed by atoms with Crippen LogP contribution in [0.3, 0.4) is 0 Å². The molecule has 1 saturated heterocycles. The van der Waals surface area contributed by atoms with Crippen LogP contribution in [0.15, 0.2) is 0 Å². The zero-order valence-corrected chi connectivity index (χ0v) is 10.2. The lowest BCUT2D eigenvalue weighted by Crippen LogP contribution is -2.36. The van der Waals surface area contributed by atoms with Crippen LogP contribution in [0.25, 0.3) is 0 Å². The van der Waals surface area contributed by atoms with Gasteiger partial charge in [0.25, 0.3) is 0 Å². The van der Waals surface area contributed by atoms with Gasteiger partial charge in [0.05, 0.1) is 5.92 Å². The summed E-state index contributed by atoms with van der Waals surface area (Å²) in [6.45, 7) is 4.46. The third-order valence-corrected chi connectivity index (χ3v) is 2.45. The number of carbonyl (C=O) groups is 3. The van der Waals surface area contributed by atoms with Crippen molar-refractivity contribution in [2.75, 3.05) is 13.1 Å². The molecule has 6 nitrogen and oxygen atoms in total. The minimum atomic E-state index is -0.296. The van der Waals surface area contributed by atoms with E-state index in [0.717, 1.165) is 0 Å². The number of amides is 3. The summed E-state index contributed by atoms with van der Waals surface area (Å²) in [5.41, 5.74) is 0. The van der Waals surface area contributed by atoms with Crippen molar-refractivity contribution in [3.8, 4) is 0 Å². The average Bonchev–Trinajstić information content (AvgIpc) is 2.63. The Morgan fingerprint density at radius 1 is 1.47 bits per heavy atom. The third-order valence-electron chi connectivity index (χ3n) is 2.45. The van der Waals surface area contributed by atoms with Gasteiger partial charge in [0, 0.05) is 32.0 Å². The van der Waals surface area contributed by atoms with Gasteiger partial charge in [-0.25, -0.2) is 0 Å². The largest absolute Gasteiger partial charge is 0.355 e. The second-order valence-electron chi connectivity index (χ2n) is 4.47. The first kappa shape index (κ1) is 13.5. The van der Waals surface area contributed by atoms with Gasteiger partial charge in [-0.15, -0.1) is 0 Å². The summed E-state index contributed by atoms with van der Waals surface area (Å²) in [5.74, 6) is -0.639. The molecule has 0 aliphatic carbocycles. The molecule has 3 N–H and O–H groups in total. The van der Waals surface area contributed by atoms with Crippen LogP contribution < -0.4 is 16.0 Å². The van der Waals surface area contributed by atoms with Crippen LogP contribution in [-0.4, -0.2) is 36.9 Å². The second kappa shape index (κ2) is 6.22. The summed E-state index contributed by atoms with van der Waals surface area (Å²) in [7, 11) is 0.